The standard InChI is InChI=1S/C25H22ClFN2/c1-16-7-4-9-19(13-16)24-18(3)25(20-10-5-8-17(2)14-20)29(28-24)15-21-22(26)11-6-12-23(21)27/h4-14H,15H2,1-3H3. The lowest BCUT2D eigenvalue weighted by atomic mass is 10.0. The molecule has 0 saturated carbocycles. The minimum atomic E-state index is -0.321. The smallest absolute Gasteiger partial charge is 0.129 e. The number of halogens is 2. The van der Waals surface area contributed by atoms with Crippen LogP contribution in [0.5, 0.6) is 0 Å². The SMILES string of the molecule is Cc1cccc(-c2nn(Cc3c(F)cccc3Cl)c(-c3cccc(C)c3)c2C)c1. The average Bonchev–Trinajstić information content (AvgIpc) is 3.01. The lowest BCUT2D eigenvalue weighted by Gasteiger charge is -2.11. The molecule has 1 aromatic heterocycles. The maximum absolute atomic E-state index is 14.5. The summed E-state index contributed by atoms with van der Waals surface area (Å²) in [7, 11) is 0. The van der Waals surface area contributed by atoms with E-state index < -0.39 is 0 Å². The summed E-state index contributed by atoms with van der Waals surface area (Å²) in [6.07, 6.45) is 0. The van der Waals surface area contributed by atoms with Gasteiger partial charge in [-0.05, 0) is 45.0 Å². The number of benzene rings is 3. The highest BCUT2D eigenvalue weighted by atomic mass is 35.5. The van der Waals surface area contributed by atoms with E-state index in [0.29, 0.717) is 10.6 Å². The van der Waals surface area contributed by atoms with E-state index in [9.17, 15) is 4.39 Å². The molecule has 0 N–H and O–H groups in total. The van der Waals surface area contributed by atoms with Gasteiger partial charge in [0.15, 0.2) is 0 Å². The second-order valence-corrected chi connectivity index (χ2v) is 7.83. The molecule has 146 valence electrons. The van der Waals surface area contributed by atoms with Crippen LogP contribution in [0.15, 0.2) is 66.7 Å². The Morgan fingerprint density at radius 1 is 0.862 bits per heavy atom. The third kappa shape index (κ3) is 3.83. The van der Waals surface area contributed by atoms with Gasteiger partial charge in [0.1, 0.15) is 5.82 Å². The molecule has 0 aliphatic heterocycles. The van der Waals surface area contributed by atoms with Crippen molar-refractivity contribution in [2.45, 2.75) is 27.3 Å². The number of nitrogens with zero attached hydrogens (tertiary/aromatic N) is 2. The molecular weight excluding hydrogens is 383 g/mol. The van der Waals surface area contributed by atoms with Crippen molar-refractivity contribution >= 4 is 11.6 Å². The molecule has 0 saturated heterocycles. The Hall–Kier alpha value is -2.91. The van der Waals surface area contributed by atoms with Crippen molar-refractivity contribution in [2.24, 2.45) is 0 Å². The van der Waals surface area contributed by atoms with Gasteiger partial charge in [-0.1, -0.05) is 65.2 Å². The summed E-state index contributed by atoms with van der Waals surface area (Å²) in [5.41, 5.74) is 7.83. The third-order valence-corrected chi connectivity index (χ3v) is 5.50. The Morgan fingerprint density at radius 3 is 2.14 bits per heavy atom. The van der Waals surface area contributed by atoms with E-state index >= 15 is 0 Å². The topological polar surface area (TPSA) is 17.8 Å². The fourth-order valence-corrected chi connectivity index (χ4v) is 3.95. The minimum Gasteiger partial charge on any atom is -0.259 e. The second-order valence-electron chi connectivity index (χ2n) is 7.42. The molecule has 0 radical (unpaired) electrons. The molecule has 2 nitrogen and oxygen atoms in total. The van der Waals surface area contributed by atoms with Crippen molar-refractivity contribution in [3.8, 4) is 22.5 Å². The number of hydrogen-bond acceptors (Lipinski definition) is 1. The zero-order valence-electron chi connectivity index (χ0n) is 16.7. The Balaban J connectivity index is 1.92. The van der Waals surface area contributed by atoms with Gasteiger partial charge < -0.3 is 0 Å². The summed E-state index contributed by atoms with van der Waals surface area (Å²) >= 11 is 6.31. The third-order valence-electron chi connectivity index (χ3n) is 5.14. The van der Waals surface area contributed by atoms with Gasteiger partial charge in [-0.25, -0.2) is 4.39 Å². The van der Waals surface area contributed by atoms with Gasteiger partial charge in [0.2, 0.25) is 0 Å². The van der Waals surface area contributed by atoms with Crippen LogP contribution in [0.4, 0.5) is 4.39 Å². The van der Waals surface area contributed by atoms with Crippen molar-refractivity contribution in [3.05, 3.63) is 99.8 Å². The molecule has 4 rings (SSSR count). The molecule has 0 spiro atoms. The first kappa shape index (κ1) is 19.4. The normalized spacial score (nSPS) is 11.1. The van der Waals surface area contributed by atoms with Crippen LogP contribution in [0, 0.1) is 26.6 Å². The van der Waals surface area contributed by atoms with Gasteiger partial charge in [0.25, 0.3) is 0 Å². The quantitative estimate of drug-likeness (QED) is 0.358. The molecule has 0 aliphatic rings. The Bertz CT molecular complexity index is 1170. The summed E-state index contributed by atoms with van der Waals surface area (Å²) in [6, 6.07) is 21.3. The van der Waals surface area contributed by atoms with E-state index in [2.05, 4.69) is 57.2 Å². The molecule has 0 bridgehead atoms. The summed E-state index contributed by atoms with van der Waals surface area (Å²) < 4.78 is 16.4. The van der Waals surface area contributed by atoms with Crippen LogP contribution >= 0.6 is 11.6 Å². The van der Waals surface area contributed by atoms with E-state index in [0.717, 1.165) is 33.6 Å². The van der Waals surface area contributed by atoms with Gasteiger partial charge in [0.05, 0.1) is 17.9 Å². The number of hydrogen-bond donors (Lipinski definition) is 0. The van der Waals surface area contributed by atoms with E-state index in [4.69, 9.17) is 16.7 Å². The Morgan fingerprint density at radius 2 is 1.48 bits per heavy atom. The molecule has 4 aromatic rings. The highest BCUT2D eigenvalue weighted by molar-refractivity contribution is 6.31. The van der Waals surface area contributed by atoms with Crippen molar-refractivity contribution in [1.29, 1.82) is 0 Å². The van der Waals surface area contributed by atoms with Gasteiger partial charge in [-0.15, -0.1) is 0 Å². The van der Waals surface area contributed by atoms with E-state index in [1.807, 2.05) is 16.8 Å². The average molecular weight is 405 g/mol. The van der Waals surface area contributed by atoms with Crippen LogP contribution < -0.4 is 0 Å². The van der Waals surface area contributed by atoms with E-state index in [1.165, 1.54) is 11.6 Å². The molecule has 4 heteroatoms. The molecular formula is C25H22ClFN2. The maximum Gasteiger partial charge on any atom is 0.129 e. The summed E-state index contributed by atoms with van der Waals surface area (Å²) in [4.78, 5) is 0. The molecule has 3 aromatic carbocycles. The summed E-state index contributed by atoms with van der Waals surface area (Å²) in [6.45, 7) is 6.47. The second kappa shape index (κ2) is 7.84. The minimum absolute atomic E-state index is 0.265. The lowest BCUT2D eigenvalue weighted by Crippen LogP contribution is -2.07. The fourth-order valence-electron chi connectivity index (χ4n) is 3.72. The van der Waals surface area contributed by atoms with Crippen molar-refractivity contribution < 1.29 is 4.39 Å². The lowest BCUT2D eigenvalue weighted by molar-refractivity contribution is 0.587. The zero-order chi connectivity index (χ0) is 20.5. The van der Waals surface area contributed by atoms with Gasteiger partial charge in [-0.3, -0.25) is 4.68 Å². The Kier molecular flexibility index (Phi) is 5.25. The first-order valence-electron chi connectivity index (χ1n) is 9.58. The monoisotopic (exact) mass is 404 g/mol. The van der Waals surface area contributed by atoms with E-state index in [1.54, 1.807) is 12.1 Å². The number of aryl methyl sites for hydroxylation is 2. The van der Waals surface area contributed by atoms with Crippen molar-refractivity contribution in [3.63, 3.8) is 0 Å². The molecule has 0 unspecified atom stereocenters. The van der Waals surface area contributed by atoms with Crippen LogP contribution in [-0.4, -0.2) is 9.78 Å². The van der Waals surface area contributed by atoms with Crippen molar-refractivity contribution in [1.82, 2.24) is 9.78 Å². The summed E-state index contributed by atoms with van der Waals surface area (Å²) in [5, 5.41) is 5.30. The highest BCUT2D eigenvalue weighted by Gasteiger charge is 2.19. The van der Waals surface area contributed by atoms with Crippen LogP contribution in [0.1, 0.15) is 22.3 Å². The van der Waals surface area contributed by atoms with Crippen LogP contribution in [0.25, 0.3) is 22.5 Å². The Labute approximate surface area is 175 Å². The first-order valence-corrected chi connectivity index (χ1v) is 9.96. The maximum atomic E-state index is 14.5. The highest BCUT2D eigenvalue weighted by Crippen LogP contribution is 2.33. The van der Waals surface area contributed by atoms with Gasteiger partial charge in [0, 0.05) is 27.3 Å². The predicted molar refractivity (Wildman–Crippen MR) is 118 cm³/mol. The van der Waals surface area contributed by atoms with Crippen molar-refractivity contribution in [2.75, 3.05) is 0 Å². The first-order chi connectivity index (χ1) is 13.9. The molecule has 0 fully saturated rings. The van der Waals surface area contributed by atoms with E-state index in [-0.39, 0.29) is 12.4 Å². The van der Waals surface area contributed by atoms with Gasteiger partial charge >= 0.3 is 0 Å². The van der Waals surface area contributed by atoms with Crippen LogP contribution in [-0.2, 0) is 6.54 Å². The number of rotatable bonds is 4. The van der Waals surface area contributed by atoms with Crippen LogP contribution in [0.2, 0.25) is 5.02 Å². The fraction of sp³-hybridized carbons (Fsp3) is 0.160. The zero-order valence-corrected chi connectivity index (χ0v) is 17.5. The largest absolute Gasteiger partial charge is 0.259 e. The summed E-state index contributed by atoms with van der Waals surface area (Å²) in [5.74, 6) is -0.321. The molecule has 29 heavy (non-hydrogen) atoms. The molecule has 0 aliphatic carbocycles. The molecule has 0 amide bonds. The van der Waals surface area contributed by atoms with Crippen LogP contribution in [0.3, 0.4) is 0 Å². The number of aromatic nitrogens is 2. The molecule has 1 heterocycles. The molecule has 0 atom stereocenters. The predicted octanol–water partition coefficient (Wildman–Crippen LogP) is 6.98. The van der Waals surface area contributed by atoms with Gasteiger partial charge in [-0.2, -0.15) is 5.10 Å².